The number of anilines is 1. The van der Waals surface area contributed by atoms with Gasteiger partial charge in [-0.3, -0.25) is 4.79 Å². The van der Waals surface area contributed by atoms with E-state index in [1.807, 2.05) is 40.1 Å². The molecule has 0 aliphatic carbocycles. The fourth-order valence-corrected chi connectivity index (χ4v) is 8.00. The van der Waals surface area contributed by atoms with Crippen molar-refractivity contribution in [2.24, 2.45) is 5.92 Å². The molecule has 0 aromatic heterocycles. The smallest absolute Gasteiger partial charge is 0.372 e. The number of likely N-dealkylation sites (tertiary alicyclic amines) is 1. The van der Waals surface area contributed by atoms with E-state index in [4.69, 9.17) is 0 Å². The molecular weight excluding hydrogens is 520 g/mol. The van der Waals surface area contributed by atoms with Gasteiger partial charge in [0.15, 0.2) is 0 Å². The van der Waals surface area contributed by atoms with Crippen molar-refractivity contribution >= 4 is 21.4 Å². The Bertz CT molecular complexity index is 1320. The summed E-state index contributed by atoms with van der Waals surface area (Å²) in [7, 11) is -1.36. The van der Waals surface area contributed by atoms with Crippen molar-refractivity contribution in [1.82, 2.24) is 4.90 Å². The quantitative estimate of drug-likeness (QED) is 0.512. The molecule has 2 aromatic carbocycles. The lowest BCUT2D eigenvalue weighted by molar-refractivity contribution is -0.228. The molecule has 0 saturated carbocycles. The highest BCUT2D eigenvalue weighted by Crippen LogP contribution is 2.52. The van der Waals surface area contributed by atoms with Gasteiger partial charge < -0.3 is 9.80 Å². The van der Waals surface area contributed by atoms with Crippen molar-refractivity contribution in [2.75, 3.05) is 36.5 Å². The zero-order chi connectivity index (χ0) is 27.5. The number of alkyl halides is 4. The Balaban J connectivity index is 1.56. The van der Waals surface area contributed by atoms with Crippen molar-refractivity contribution in [3.8, 4) is 0 Å². The molecule has 3 heterocycles. The van der Waals surface area contributed by atoms with Crippen molar-refractivity contribution in [1.29, 1.82) is 0 Å². The van der Waals surface area contributed by atoms with Gasteiger partial charge in [-0.2, -0.15) is 13.2 Å². The summed E-state index contributed by atoms with van der Waals surface area (Å²) in [5.74, 6) is -0.408. The first-order valence-corrected chi connectivity index (χ1v) is 14.7. The topological polar surface area (TPSA) is 57.7 Å². The summed E-state index contributed by atoms with van der Waals surface area (Å²) >= 11 is 0. The molecule has 2 aromatic rings. The monoisotopic (exact) mass is 552 g/mol. The first kappa shape index (κ1) is 27.0. The minimum atomic E-state index is -5.05. The Hall–Kier alpha value is -2.62. The van der Waals surface area contributed by atoms with Gasteiger partial charge in [-0.05, 0) is 49.8 Å². The molecule has 0 radical (unpaired) electrons. The van der Waals surface area contributed by atoms with E-state index >= 15 is 0 Å². The van der Waals surface area contributed by atoms with Crippen LogP contribution in [0.1, 0.15) is 42.9 Å². The lowest BCUT2D eigenvalue weighted by Gasteiger charge is -2.48. The SMILES string of the molecule is CN1CC2N(C(=O)C3CCS(=O)(=O)CC3)CCC2(Cc2ccccc2)c2ccc(C(C)(F)C(F)(F)F)cc21. The van der Waals surface area contributed by atoms with E-state index in [1.54, 1.807) is 13.1 Å². The minimum Gasteiger partial charge on any atom is -0.372 e. The number of likely N-dealkylation sites (N-methyl/N-ethyl adjacent to an activating group) is 1. The van der Waals surface area contributed by atoms with Gasteiger partial charge in [-0.1, -0.05) is 42.5 Å². The summed E-state index contributed by atoms with van der Waals surface area (Å²) in [6, 6.07) is 13.7. The second-order valence-corrected chi connectivity index (χ2v) is 13.5. The number of benzene rings is 2. The Labute approximate surface area is 220 Å². The van der Waals surface area contributed by atoms with Gasteiger partial charge in [-0.15, -0.1) is 0 Å². The summed E-state index contributed by atoms with van der Waals surface area (Å²) < 4.78 is 79.4. The van der Waals surface area contributed by atoms with Crippen LogP contribution in [0.15, 0.2) is 48.5 Å². The third-order valence-electron chi connectivity index (χ3n) is 8.83. The van der Waals surface area contributed by atoms with Crippen LogP contribution in [-0.4, -0.2) is 63.1 Å². The van der Waals surface area contributed by atoms with Crippen molar-refractivity contribution in [3.63, 3.8) is 0 Å². The van der Waals surface area contributed by atoms with E-state index in [1.165, 1.54) is 12.1 Å². The molecule has 0 spiro atoms. The number of carbonyl (C=O) groups is 1. The average Bonchev–Trinajstić information content (AvgIpc) is 3.22. The maximum absolute atomic E-state index is 14.9. The van der Waals surface area contributed by atoms with Crippen LogP contribution in [0.4, 0.5) is 23.2 Å². The highest BCUT2D eigenvalue weighted by molar-refractivity contribution is 7.91. The minimum absolute atomic E-state index is 0.00376. The largest absolute Gasteiger partial charge is 0.426 e. The van der Waals surface area contributed by atoms with Gasteiger partial charge >= 0.3 is 6.18 Å². The molecule has 0 N–H and O–H groups in total. The zero-order valence-electron chi connectivity index (χ0n) is 21.5. The van der Waals surface area contributed by atoms with Gasteiger partial charge in [0.05, 0.1) is 17.5 Å². The number of halogens is 4. The first-order valence-electron chi connectivity index (χ1n) is 12.9. The van der Waals surface area contributed by atoms with Gasteiger partial charge in [0.1, 0.15) is 9.84 Å². The maximum atomic E-state index is 14.9. The maximum Gasteiger partial charge on any atom is 0.426 e. The van der Waals surface area contributed by atoms with Crippen molar-refractivity contribution < 1.29 is 30.8 Å². The van der Waals surface area contributed by atoms with Crippen LogP contribution in [0.2, 0.25) is 0 Å². The lowest BCUT2D eigenvalue weighted by Crippen LogP contribution is -2.56. The highest BCUT2D eigenvalue weighted by atomic mass is 32.2. The van der Waals surface area contributed by atoms with E-state index in [9.17, 15) is 30.8 Å². The van der Waals surface area contributed by atoms with E-state index < -0.39 is 32.7 Å². The third kappa shape index (κ3) is 4.48. The summed E-state index contributed by atoms with van der Waals surface area (Å²) in [5, 5.41) is 0. The van der Waals surface area contributed by atoms with E-state index in [0.29, 0.717) is 51.4 Å². The van der Waals surface area contributed by atoms with Crippen LogP contribution in [0.3, 0.4) is 0 Å². The van der Waals surface area contributed by atoms with Gasteiger partial charge in [0.2, 0.25) is 11.6 Å². The molecule has 5 nitrogen and oxygen atoms in total. The highest BCUT2D eigenvalue weighted by Gasteiger charge is 2.57. The van der Waals surface area contributed by atoms with E-state index in [2.05, 4.69) is 0 Å². The average molecular weight is 553 g/mol. The molecule has 0 bridgehead atoms. The first-order chi connectivity index (χ1) is 17.8. The van der Waals surface area contributed by atoms with E-state index in [-0.39, 0.29) is 29.4 Å². The summed E-state index contributed by atoms with van der Waals surface area (Å²) in [6.45, 7) is 1.40. The molecule has 3 aliphatic rings. The number of rotatable bonds is 4. The third-order valence-corrected chi connectivity index (χ3v) is 10.5. The number of amides is 1. The molecule has 3 unspecified atom stereocenters. The van der Waals surface area contributed by atoms with Crippen LogP contribution in [-0.2, 0) is 32.1 Å². The van der Waals surface area contributed by atoms with Gasteiger partial charge in [-0.25, -0.2) is 12.8 Å². The Morgan fingerprint density at radius 3 is 2.34 bits per heavy atom. The standard InChI is InChI=1S/C28H32F4N2O3S/c1-26(29,28(30,31)32)21-8-9-22-23(16-21)33(2)18-24-27(22,17-19-6-4-3-5-7-19)12-13-34(24)25(35)20-10-14-38(36,37)15-11-20/h3-9,16,20,24H,10-15,17-18H2,1-2H3. The summed E-state index contributed by atoms with van der Waals surface area (Å²) in [5.41, 5.74) is -2.11. The molecule has 38 heavy (non-hydrogen) atoms. The summed E-state index contributed by atoms with van der Waals surface area (Å²) in [6.07, 6.45) is -3.26. The second-order valence-electron chi connectivity index (χ2n) is 11.2. The van der Waals surface area contributed by atoms with E-state index in [0.717, 1.165) is 11.1 Å². The van der Waals surface area contributed by atoms with Crippen LogP contribution in [0.25, 0.3) is 0 Å². The van der Waals surface area contributed by atoms with Gasteiger partial charge in [0, 0.05) is 42.7 Å². The predicted molar refractivity (Wildman–Crippen MR) is 138 cm³/mol. The number of sulfone groups is 1. The molecule has 2 fully saturated rings. The Morgan fingerprint density at radius 1 is 1.05 bits per heavy atom. The van der Waals surface area contributed by atoms with Crippen LogP contribution >= 0.6 is 0 Å². The van der Waals surface area contributed by atoms with Crippen molar-refractivity contribution in [3.05, 3.63) is 65.2 Å². The molecule has 10 heteroatoms. The molecular formula is C28H32F4N2O3S. The molecule has 5 rings (SSSR count). The Kier molecular flexibility index (Phi) is 6.56. The number of carbonyl (C=O) groups excluding carboxylic acids is 1. The van der Waals surface area contributed by atoms with Crippen LogP contribution in [0.5, 0.6) is 0 Å². The molecule has 3 atom stereocenters. The zero-order valence-corrected chi connectivity index (χ0v) is 22.3. The van der Waals surface area contributed by atoms with Crippen LogP contribution in [0, 0.1) is 5.92 Å². The molecule has 1 amide bonds. The summed E-state index contributed by atoms with van der Waals surface area (Å²) in [4.78, 5) is 17.4. The molecule has 206 valence electrons. The number of hydrogen-bond acceptors (Lipinski definition) is 4. The Morgan fingerprint density at radius 2 is 1.71 bits per heavy atom. The fraction of sp³-hybridized carbons (Fsp3) is 0.536. The number of hydrogen-bond donors (Lipinski definition) is 0. The number of fused-ring (bicyclic) bond motifs is 3. The molecule has 2 saturated heterocycles. The second kappa shape index (κ2) is 9.24. The molecule has 3 aliphatic heterocycles. The lowest BCUT2D eigenvalue weighted by atomic mass is 9.67. The fourth-order valence-electron chi connectivity index (χ4n) is 6.51. The number of nitrogens with zero attached hydrogens (tertiary/aromatic N) is 2. The van der Waals surface area contributed by atoms with Gasteiger partial charge in [0.25, 0.3) is 0 Å². The normalized spacial score (nSPS) is 26.9. The predicted octanol–water partition coefficient (Wildman–Crippen LogP) is 4.79. The van der Waals surface area contributed by atoms with Crippen molar-refractivity contribution in [2.45, 2.75) is 55.9 Å². The van der Waals surface area contributed by atoms with Crippen LogP contribution < -0.4 is 4.90 Å².